The lowest BCUT2D eigenvalue weighted by atomic mass is 10.2. The van der Waals surface area contributed by atoms with Crippen LogP contribution in [-0.2, 0) is 9.47 Å². The fourth-order valence-electron chi connectivity index (χ4n) is 1.37. The average molecular weight is 216 g/mol. The second-order valence-electron chi connectivity index (χ2n) is 4.60. The number of ether oxygens (including phenoxy) is 2. The molecule has 1 rings (SSSR count). The number of hydrogen-bond acceptors (Lipinski definition) is 4. The van der Waals surface area contributed by atoms with Gasteiger partial charge < -0.3 is 14.4 Å². The average Bonchev–Trinajstić information content (AvgIpc) is 2.15. The Morgan fingerprint density at radius 1 is 1.47 bits per heavy atom. The van der Waals surface area contributed by atoms with Gasteiger partial charge in [-0.25, -0.2) is 4.79 Å². The molecule has 1 aliphatic heterocycles. The van der Waals surface area contributed by atoms with Crippen molar-refractivity contribution in [2.75, 3.05) is 26.7 Å². The molecule has 0 bridgehead atoms. The number of hydrogen-bond donors (Lipinski definition) is 1. The van der Waals surface area contributed by atoms with Crippen LogP contribution in [0.3, 0.4) is 0 Å². The molecule has 1 amide bonds. The Hall–Kier alpha value is -0.810. The van der Waals surface area contributed by atoms with E-state index in [9.17, 15) is 4.79 Å². The predicted octanol–water partition coefficient (Wildman–Crippen LogP) is 0.799. The number of amides is 1. The van der Waals surface area contributed by atoms with E-state index in [1.54, 1.807) is 12.0 Å². The van der Waals surface area contributed by atoms with Gasteiger partial charge in [0.2, 0.25) is 0 Å². The van der Waals surface area contributed by atoms with E-state index in [-0.39, 0.29) is 12.3 Å². The molecule has 1 fully saturated rings. The molecule has 15 heavy (non-hydrogen) atoms. The van der Waals surface area contributed by atoms with Crippen LogP contribution in [0.5, 0.6) is 0 Å². The summed E-state index contributed by atoms with van der Waals surface area (Å²) in [5, 5.41) is 3.14. The van der Waals surface area contributed by atoms with Crippen LogP contribution >= 0.6 is 0 Å². The number of carbonyl (C=O) groups is 1. The molecule has 0 aliphatic carbocycles. The van der Waals surface area contributed by atoms with Crippen LogP contribution in [0.15, 0.2) is 0 Å². The van der Waals surface area contributed by atoms with Crippen molar-refractivity contribution in [1.29, 1.82) is 0 Å². The number of rotatable bonds is 1. The molecule has 5 heteroatoms. The summed E-state index contributed by atoms with van der Waals surface area (Å²) in [6, 6.07) is 0. The van der Waals surface area contributed by atoms with E-state index in [4.69, 9.17) is 9.47 Å². The molecule has 0 aromatic carbocycles. The second-order valence-corrected chi connectivity index (χ2v) is 4.60. The normalized spacial score (nSPS) is 22.7. The number of methoxy groups -OCH3 is 1. The Bertz CT molecular complexity index is 225. The lowest BCUT2D eigenvalue weighted by Gasteiger charge is -2.34. The van der Waals surface area contributed by atoms with Crippen molar-refractivity contribution in [3.05, 3.63) is 0 Å². The van der Waals surface area contributed by atoms with Gasteiger partial charge >= 0.3 is 6.09 Å². The van der Waals surface area contributed by atoms with Crippen LogP contribution in [0.4, 0.5) is 4.79 Å². The maximum absolute atomic E-state index is 11.7. The van der Waals surface area contributed by atoms with Gasteiger partial charge in [-0.3, -0.25) is 5.32 Å². The lowest BCUT2D eigenvalue weighted by molar-refractivity contribution is -0.0127. The van der Waals surface area contributed by atoms with Crippen LogP contribution in [0.1, 0.15) is 20.8 Å². The SMILES string of the molecule is CO[C@@H]1CN(C(=O)OC(C)(C)C)CCN1. The van der Waals surface area contributed by atoms with Gasteiger partial charge in [0.15, 0.2) is 0 Å². The predicted molar refractivity (Wildman–Crippen MR) is 56.6 cm³/mol. The molecular weight excluding hydrogens is 196 g/mol. The maximum Gasteiger partial charge on any atom is 0.410 e. The zero-order chi connectivity index (χ0) is 11.5. The molecule has 0 aromatic heterocycles. The third-order valence-electron chi connectivity index (χ3n) is 2.08. The summed E-state index contributed by atoms with van der Waals surface area (Å²) in [7, 11) is 1.62. The van der Waals surface area contributed by atoms with Gasteiger partial charge in [-0.1, -0.05) is 0 Å². The molecule has 1 aliphatic rings. The lowest BCUT2D eigenvalue weighted by Crippen LogP contribution is -2.54. The van der Waals surface area contributed by atoms with E-state index < -0.39 is 5.60 Å². The van der Waals surface area contributed by atoms with E-state index in [0.717, 1.165) is 6.54 Å². The van der Waals surface area contributed by atoms with Gasteiger partial charge in [0, 0.05) is 20.2 Å². The van der Waals surface area contributed by atoms with E-state index in [1.165, 1.54) is 0 Å². The number of nitrogens with zero attached hydrogens (tertiary/aromatic N) is 1. The molecular formula is C10H20N2O3. The first-order chi connectivity index (χ1) is 6.92. The first kappa shape index (κ1) is 12.3. The second kappa shape index (κ2) is 4.81. The van der Waals surface area contributed by atoms with Gasteiger partial charge in [0.05, 0.1) is 6.54 Å². The number of carbonyl (C=O) groups excluding carboxylic acids is 1. The fraction of sp³-hybridized carbons (Fsp3) is 0.900. The molecule has 0 saturated carbocycles. The van der Waals surface area contributed by atoms with Gasteiger partial charge in [-0.15, -0.1) is 0 Å². The topological polar surface area (TPSA) is 50.8 Å². The van der Waals surface area contributed by atoms with Crippen LogP contribution < -0.4 is 5.32 Å². The first-order valence-corrected chi connectivity index (χ1v) is 5.16. The van der Waals surface area contributed by atoms with Crippen LogP contribution in [0.25, 0.3) is 0 Å². The van der Waals surface area contributed by atoms with Crippen molar-refractivity contribution < 1.29 is 14.3 Å². The Morgan fingerprint density at radius 3 is 2.67 bits per heavy atom. The van der Waals surface area contributed by atoms with Gasteiger partial charge in [0.25, 0.3) is 0 Å². The fourth-order valence-corrected chi connectivity index (χ4v) is 1.37. The highest BCUT2D eigenvalue weighted by molar-refractivity contribution is 5.68. The summed E-state index contributed by atoms with van der Waals surface area (Å²) in [6.45, 7) is 7.51. The van der Waals surface area contributed by atoms with E-state index >= 15 is 0 Å². The molecule has 0 aromatic rings. The van der Waals surface area contributed by atoms with Crippen molar-refractivity contribution in [1.82, 2.24) is 10.2 Å². The van der Waals surface area contributed by atoms with Crippen molar-refractivity contribution in [3.8, 4) is 0 Å². The Balaban J connectivity index is 2.45. The standard InChI is InChI=1S/C10H20N2O3/c1-10(2,3)15-9(13)12-6-5-11-8(7-12)14-4/h8,11H,5-7H2,1-4H3/t8-/m1/s1. The van der Waals surface area contributed by atoms with Crippen molar-refractivity contribution in [3.63, 3.8) is 0 Å². The van der Waals surface area contributed by atoms with Gasteiger partial charge in [-0.05, 0) is 20.8 Å². The van der Waals surface area contributed by atoms with Crippen molar-refractivity contribution in [2.45, 2.75) is 32.6 Å². The summed E-state index contributed by atoms with van der Waals surface area (Å²) < 4.78 is 10.4. The highest BCUT2D eigenvalue weighted by Gasteiger charge is 2.26. The molecule has 0 spiro atoms. The van der Waals surface area contributed by atoms with Gasteiger partial charge in [-0.2, -0.15) is 0 Å². The molecule has 1 heterocycles. The van der Waals surface area contributed by atoms with Crippen molar-refractivity contribution >= 4 is 6.09 Å². The minimum atomic E-state index is -0.440. The van der Waals surface area contributed by atoms with Crippen molar-refractivity contribution in [2.24, 2.45) is 0 Å². The Kier molecular flexibility index (Phi) is 3.93. The molecule has 0 unspecified atom stereocenters. The molecule has 0 radical (unpaired) electrons. The molecule has 1 N–H and O–H groups in total. The van der Waals surface area contributed by atoms with Crippen LogP contribution in [0, 0.1) is 0 Å². The molecule has 5 nitrogen and oxygen atoms in total. The minimum Gasteiger partial charge on any atom is -0.444 e. The summed E-state index contributed by atoms with van der Waals surface area (Å²) >= 11 is 0. The quantitative estimate of drug-likeness (QED) is 0.704. The first-order valence-electron chi connectivity index (χ1n) is 5.16. The van der Waals surface area contributed by atoms with E-state index in [0.29, 0.717) is 13.1 Å². The highest BCUT2D eigenvalue weighted by atomic mass is 16.6. The smallest absolute Gasteiger partial charge is 0.410 e. The summed E-state index contributed by atoms with van der Waals surface area (Å²) in [5.74, 6) is 0. The van der Waals surface area contributed by atoms with E-state index in [1.807, 2.05) is 20.8 Å². The van der Waals surface area contributed by atoms with Gasteiger partial charge in [0.1, 0.15) is 11.8 Å². The third-order valence-corrected chi connectivity index (χ3v) is 2.08. The minimum absolute atomic E-state index is 0.0914. The largest absolute Gasteiger partial charge is 0.444 e. The summed E-state index contributed by atoms with van der Waals surface area (Å²) in [5.41, 5.74) is -0.440. The molecule has 1 saturated heterocycles. The number of nitrogens with one attached hydrogen (secondary N) is 1. The summed E-state index contributed by atoms with van der Waals surface area (Å²) in [4.78, 5) is 13.4. The van der Waals surface area contributed by atoms with Crippen LogP contribution in [0.2, 0.25) is 0 Å². The molecule has 1 atom stereocenters. The molecule has 88 valence electrons. The number of piperazine rings is 1. The Morgan fingerprint density at radius 2 is 2.13 bits per heavy atom. The van der Waals surface area contributed by atoms with Crippen LogP contribution in [-0.4, -0.2) is 49.6 Å². The Labute approximate surface area is 90.7 Å². The zero-order valence-electron chi connectivity index (χ0n) is 9.87. The third kappa shape index (κ3) is 4.05. The summed E-state index contributed by atoms with van der Waals surface area (Å²) in [6.07, 6.45) is -0.364. The zero-order valence-corrected chi connectivity index (χ0v) is 9.87. The van der Waals surface area contributed by atoms with E-state index in [2.05, 4.69) is 5.32 Å². The maximum atomic E-state index is 11.7. The highest BCUT2D eigenvalue weighted by Crippen LogP contribution is 2.11. The monoisotopic (exact) mass is 216 g/mol.